The number of ether oxygens (including phenoxy) is 3. The van der Waals surface area contributed by atoms with E-state index < -0.39 is 14.5 Å². The summed E-state index contributed by atoms with van der Waals surface area (Å²) < 4.78 is 23.9. The molecule has 0 bridgehead atoms. The van der Waals surface area contributed by atoms with Crippen LogP contribution in [0, 0.1) is 5.92 Å². The van der Waals surface area contributed by atoms with Gasteiger partial charge in [-0.1, -0.05) is 64.4 Å². The second-order valence-corrected chi connectivity index (χ2v) is 15.8. The first-order valence-electron chi connectivity index (χ1n) is 12.6. The van der Waals surface area contributed by atoms with Crippen LogP contribution < -0.4 is 0 Å². The zero-order valence-electron chi connectivity index (χ0n) is 21.9. The van der Waals surface area contributed by atoms with Gasteiger partial charge in [0.2, 0.25) is 0 Å². The summed E-state index contributed by atoms with van der Waals surface area (Å²) >= 11 is 0. The predicted octanol–water partition coefficient (Wildman–Crippen LogP) is 6.67. The van der Waals surface area contributed by atoms with Crippen LogP contribution in [-0.4, -0.2) is 45.7 Å². The van der Waals surface area contributed by atoms with E-state index in [2.05, 4.69) is 52.9 Å². The molecular weight excluding hydrogens is 448 g/mol. The highest BCUT2D eigenvalue weighted by Crippen LogP contribution is 2.39. The van der Waals surface area contributed by atoms with Gasteiger partial charge in [0, 0.05) is 6.42 Å². The first-order valence-corrected chi connectivity index (χ1v) is 15.5. The number of carbonyl (C=O) groups is 2. The fraction of sp³-hybridized carbons (Fsp3) is 0.704. The summed E-state index contributed by atoms with van der Waals surface area (Å²) in [5, 5.41) is 0.0807. The molecule has 34 heavy (non-hydrogen) atoms. The third kappa shape index (κ3) is 9.15. The van der Waals surface area contributed by atoms with Crippen LogP contribution in [0.5, 0.6) is 0 Å². The minimum Gasteiger partial charge on any atom is -0.427 e. The number of unbranched alkanes of at least 4 members (excludes halogenated alkanes) is 3. The monoisotopic (exact) mass is 492 g/mol. The molecule has 0 unspecified atom stereocenters. The molecule has 6 nitrogen and oxygen atoms in total. The van der Waals surface area contributed by atoms with Crippen LogP contribution in [-0.2, 0) is 30.0 Å². The number of carbonyl (C=O) groups excluding carboxylic acids is 2. The minimum atomic E-state index is -2.03. The average molecular weight is 493 g/mol. The SMILES string of the molecule is C[C@@H](C[C@@H]1OC(=O)O[C@H]1CCCCCC=O)[C@H](COCc1ccccc1)O[Si](C)(C)C(C)(C)C. The van der Waals surface area contributed by atoms with Crippen LogP contribution in [0.3, 0.4) is 0 Å². The van der Waals surface area contributed by atoms with E-state index in [1.807, 2.05) is 18.2 Å². The van der Waals surface area contributed by atoms with Crippen molar-refractivity contribution in [2.75, 3.05) is 6.61 Å². The first kappa shape index (κ1) is 28.5. The van der Waals surface area contributed by atoms with Crippen LogP contribution >= 0.6 is 0 Å². The lowest BCUT2D eigenvalue weighted by Crippen LogP contribution is -2.47. The van der Waals surface area contributed by atoms with Gasteiger partial charge in [0.25, 0.3) is 0 Å². The number of aldehydes is 1. The molecule has 7 heteroatoms. The topological polar surface area (TPSA) is 71.1 Å². The predicted molar refractivity (Wildman–Crippen MR) is 136 cm³/mol. The van der Waals surface area contributed by atoms with E-state index in [0.717, 1.165) is 37.5 Å². The van der Waals surface area contributed by atoms with Crippen LogP contribution in [0.4, 0.5) is 4.79 Å². The standard InChI is InChI=1S/C27H44O6Si/c1-21(18-24-23(31-26(29)32-24)16-12-7-8-13-17-28)25(33-34(5,6)27(2,3)4)20-30-19-22-14-10-9-11-15-22/h9-11,14-15,17,21,23-25H,7-8,12-13,16,18-20H2,1-6H3/t21-,23-,24-,25-/m0/s1. The molecule has 1 aromatic rings. The lowest BCUT2D eigenvalue weighted by atomic mass is 9.93. The van der Waals surface area contributed by atoms with Crippen molar-refractivity contribution in [3.05, 3.63) is 35.9 Å². The Morgan fingerprint density at radius 2 is 1.74 bits per heavy atom. The Labute approximate surface area is 206 Å². The second kappa shape index (κ2) is 13.4. The van der Waals surface area contributed by atoms with E-state index in [0.29, 0.717) is 26.1 Å². The van der Waals surface area contributed by atoms with E-state index in [1.165, 1.54) is 0 Å². The molecule has 0 radical (unpaired) electrons. The molecule has 1 aliphatic rings. The fourth-order valence-corrected chi connectivity index (χ4v) is 5.29. The maximum absolute atomic E-state index is 11.9. The van der Waals surface area contributed by atoms with Gasteiger partial charge in [-0.2, -0.15) is 0 Å². The molecule has 0 saturated carbocycles. The van der Waals surface area contributed by atoms with Gasteiger partial charge in [0.1, 0.15) is 18.5 Å². The van der Waals surface area contributed by atoms with Gasteiger partial charge in [-0.25, -0.2) is 4.79 Å². The summed E-state index contributed by atoms with van der Waals surface area (Å²) in [5.41, 5.74) is 1.13. The highest BCUT2D eigenvalue weighted by atomic mass is 28.4. The molecule has 0 aromatic heterocycles. The maximum atomic E-state index is 11.9. The second-order valence-electron chi connectivity index (χ2n) is 11.0. The van der Waals surface area contributed by atoms with Crippen molar-refractivity contribution in [1.29, 1.82) is 0 Å². The van der Waals surface area contributed by atoms with Gasteiger partial charge in [0.05, 0.1) is 19.3 Å². The molecule has 1 heterocycles. The lowest BCUT2D eigenvalue weighted by molar-refractivity contribution is -0.107. The molecule has 1 saturated heterocycles. The van der Waals surface area contributed by atoms with E-state index >= 15 is 0 Å². The minimum absolute atomic E-state index is 0.0807. The summed E-state index contributed by atoms with van der Waals surface area (Å²) in [6.45, 7) is 14.4. The third-order valence-electron chi connectivity index (χ3n) is 7.11. The zero-order chi connectivity index (χ0) is 25.2. The van der Waals surface area contributed by atoms with Crippen molar-refractivity contribution < 1.29 is 28.2 Å². The Bertz CT molecular complexity index is 745. The summed E-state index contributed by atoms with van der Waals surface area (Å²) in [4.78, 5) is 22.4. The Morgan fingerprint density at radius 3 is 2.38 bits per heavy atom. The van der Waals surface area contributed by atoms with E-state index in [4.69, 9.17) is 18.6 Å². The number of rotatable bonds is 15. The summed E-state index contributed by atoms with van der Waals surface area (Å²) in [7, 11) is -2.03. The molecule has 0 amide bonds. The summed E-state index contributed by atoms with van der Waals surface area (Å²) in [5.74, 6) is 0.127. The molecule has 192 valence electrons. The van der Waals surface area contributed by atoms with Crippen LogP contribution in [0.2, 0.25) is 18.1 Å². The van der Waals surface area contributed by atoms with Gasteiger partial charge in [-0.05, 0) is 55.3 Å². The largest absolute Gasteiger partial charge is 0.509 e. The van der Waals surface area contributed by atoms with Crippen molar-refractivity contribution in [2.24, 2.45) is 5.92 Å². The summed E-state index contributed by atoms with van der Waals surface area (Å²) in [6, 6.07) is 10.1. The lowest BCUT2D eigenvalue weighted by Gasteiger charge is -2.41. The van der Waals surface area contributed by atoms with Gasteiger partial charge in [0.15, 0.2) is 8.32 Å². The van der Waals surface area contributed by atoms with Crippen molar-refractivity contribution in [1.82, 2.24) is 0 Å². The van der Waals surface area contributed by atoms with Gasteiger partial charge < -0.3 is 23.4 Å². The van der Waals surface area contributed by atoms with Gasteiger partial charge >= 0.3 is 6.16 Å². The number of benzene rings is 1. The Hall–Kier alpha value is -1.70. The van der Waals surface area contributed by atoms with Crippen molar-refractivity contribution >= 4 is 20.8 Å². The average Bonchev–Trinajstić information content (AvgIpc) is 3.11. The number of cyclic esters (lactones) is 2. The van der Waals surface area contributed by atoms with E-state index in [1.54, 1.807) is 0 Å². The Balaban J connectivity index is 2.00. The first-order chi connectivity index (χ1) is 16.0. The van der Waals surface area contributed by atoms with Crippen LogP contribution in [0.1, 0.15) is 71.8 Å². The molecule has 0 spiro atoms. The van der Waals surface area contributed by atoms with Crippen LogP contribution in [0.25, 0.3) is 0 Å². The number of hydrogen-bond acceptors (Lipinski definition) is 6. The molecule has 1 aliphatic heterocycles. The van der Waals surface area contributed by atoms with Crippen molar-refractivity contribution in [2.45, 2.75) is 109 Å². The molecule has 4 atom stereocenters. The molecular formula is C27H44O6Si. The van der Waals surface area contributed by atoms with E-state index in [-0.39, 0.29) is 29.3 Å². The summed E-state index contributed by atoms with van der Waals surface area (Å²) in [6.07, 6.45) is 4.45. The normalized spacial score (nSPS) is 20.5. The zero-order valence-corrected chi connectivity index (χ0v) is 22.9. The van der Waals surface area contributed by atoms with Gasteiger partial charge in [-0.3, -0.25) is 0 Å². The number of hydrogen-bond donors (Lipinski definition) is 0. The third-order valence-corrected chi connectivity index (χ3v) is 11.6. The van der Waals surface area contributed by atoms with Crippen molar-refractivity contribution in [3.63, 3.8) is 0 Å². The van der Waals surface area contributed by atoms with E-state index in [9.17, 15) is 9.59 Å². The fourth-order valence-electron chi connectivity index (χ4n) is 3.88. The molecule has 0 N–H and O–H groups in total. The Morgan fingerprint density at radius 1 is 1.06 bits per heavy atom. The quantitative estimate of drug-likeness (QED) is 0.118. The van der Waals surface area contributed by atoms with Crippen LogP contribution in [0.15, 0.2) is 30.3 Å². The van der Waals surface area contributed by atoms with Gasteiger partial charge in [-0.15, -0.1) is 0 Å². The maximum Gasteiger partial charge on any atom is 0.509 e. The smallest absolute Gasteiger partial charge is 0.427 e. The highest BCUT2D eigenvalue weighted by molar-refractivity contribution is 6.74. The molecule has 1 aromatic carbocycles. The highest BCUT2D eigenvalue weighted by Gasteiger charge is 2.42. The molecule has 1 fully saturated rings. The Kier molecular flexibility index (Phi) is 11.2. The molecule has 0 aliphatic carbocycles. The van der Waals surface area contributed by atoms with Crippen molar-refractivity contribution in [3.8, 4) is 0 Å². The molecule has 2 rings (SSSR count).